The Morgan fingerprint density at radius 2 is 1.36 bits per heavy atom. The van der Waals surface area contributed by atoms with Crippen LogP contribution in [-0.2, 0) is 9.53 Å². The molecule has 0 bridgehead atoms. The lowest BCUT2D eigenvalue weighted by atomic mass is 9.96. The Balaban J connectivity index is 1.38. The fraction of sp³-hybridized carbons (Fsp3) is 0.259. The van der Waals surface area contributed by atoms with E-state index in [9.17, 15) is 9.59 Å². The first kappa shape index (κ1) is 22.7. The molecule has 0 aromatic heterocycles. The van der Waals surface area contributed by atoms with Gasteiger partial charge in [0.2, 0.25) is 5.91 Å². The molecule has 0 aliphatic carbocycles. The largest absolute Gasteiger partial charge is 0.465 e. The number of nitrogens with one attached hydrogen (secondary N) is 1. The lowest BCUT2D eigenvalue weighted by Crippen LogP contribution is -2.49. The molecule has 0 unspecified atom stereocenters. The fourth-order valence-corrected chi connectivity index (χ4v) is 4.34. The molecular weight excluding hydrogens is 414 g/mol. The van der Waals surface area contributed by atoms with Crippen molar-refractivity contribution in [1.82, 2.24) is 9.80 Å². The van der Waals surface area contributed by atoms with Crippen LogP contribution in [0, 0.1) is 0 Å². The maximum Gasteiger partial charge on any atom is 0.339 e. The summed E-state index contributed by atoms with van der Waals surface area (Å²) in [6.07, 6.45) is 0. The van der Waals surface area contributed by atoms with Crippen LogP contribution in [0.4, 0.5) is 5.69 Å². The van der Waals surface area contributed by atoms with Gasteiger partial charge in [0.25, 0.3) is 0 Å². The second-order valence-electron chi connectivity index (χ2n) is 8.12. The minimum atomic E-state index is -0.465. The summed E-state index contributed by atoms with van der Waals surface area (Å²) in [7, 11) is 1.33. The summed E-state index contributed by atoms with van der Waals surface area (Å²) in [6, 6.07) is 28.2. The highest BCUT2D eigenvalue weighted by Crippen LogP contribution is 2.29. The van der Waals surface area contributed by atoms with Crippen LogP contribution < -0.4 is 5.32 Å². The van der Waals surface area contributed by atoms with E-state index in [2.05, 4.69) is 63.6 Å². The number of anilines is 1. The number of benzene rings is 3. The van der Waals surface area contributed by atoms with E-state index in [1.165, 1.54) is 18.2 Å². The standard InChI is InChI=1S/C27H29N3O3/c1-33-27(32)23-14-8-9-15-24(23)28-25(31)20-29-16-18-30(19-17-29)26(21-10-4-2-5-11-21)22-12-6-3-7-13-22/h2-15,26H,16-20H2,1H3,(H,28,31). The van der Waals surface area contributed by atoms with Gasteiger partial charge in [-0.1, -0.05) is 72.8 Å². The number of hydrogen-bond acceptors (Lipinski definition) is 5. The number of nitrogens with zero attached hydrogens (tertiary/aromatic N) is 2. The van der Waals surface area contributed by atoms with Gasteiger partial charge in [0, 0.05) is 26.2 Å². The predicted octanol–water partition coefficient (Wildman–Crippen LogP) is 3.82. The summed E-state index contributed by atoms with van der Waals surface area (Å²) in [6.45, 7) is 3.59. The normalized spacial score (nSPS) is 14.7. The first-order valence-corrected chi connectivity index (χ1v) is 11.2. The van der Waals surface area contributed by atoms with Gasteiger partial charge in [-0.3, -0.25) is 14.6 Å². The number of amides is 1. The molecule has 1 fully saturated rings. The SMILES string of the molecule is COC(=O)c1ccccc1NC(=O)CN1CCN(C(c2ccccc2)c2ccccc2)CC1. The number of carbonyl (C=O) groups is 2. The zero-order valence-corrected chi connectivity index (χ0v) is 18.8. The molecule has 6 heteroatoms. The van der Waals surface area contributed by atoms with Gasteiger partial charge in [0.15, 0.2) is 0 Å². The van der Waals surface area contributed by atoms with Gasteiger partial charge in [-0.2, -0.15) is 0 Å². The summed E-state index contributed by atoms with van der Waals surface area (Å²) in [5.74, 6) is -0.602. The van der Waals surface area contributed by atoms with Crippen molar-refractivity contribution < 1.29 is 14.3 Å². The molecule has 4 rings (SSSR count). The molecule has 1 saturated heterocycles. The summed E-state index contributed by atoms with van der Waals surface area (Å²) >= 11 is 0. The monoisotopic (exact) mass is 443 g/mol. The number of hydrogen-bond donors (Lipinski definition) is 1. The topological polar surface area (TPSA) is 61.9 Å². The van der Waals surface area contributed by atoms with E-state index in [0.29, 0.717) is 11.3 Å². The van der Waals surface area contributed by atoms with E-state index in [1.54, 1.807) is 24.3 Å². The van der Waals surface area contributed by atoms with E-state index in [1.807, 2.05) is 12.1 Å². The molecule has 1 N–H and O–H groups in total. The Labute approximate surface area is 194 Å². The number of para-hydroxylation sites is 1. The van der Waals surface area contributed by atoms with Crippen molar-refractivity contribution in [2.45, 2.75) is 6.04 Å². The van der Waals surface area contributed by atoms with Crippen molar-refractivity contribution in [3.8, 4) is 0 Å². The van der Waals surface area contributed by atoms with Gasteiger partial charge in [-0.15, -0.1) is 0 Å². The lowest BCUT2D eigenvalue weighted by molar-refractivity contribution is -0.117. The number of piperazine rings is 1. The average molecular weight is 444 g/mol. The molecule has 1 amide bonds. The van der Waals surface area contributed by atoms with Gasteiger partial charge in [-0.05, 0) is 23.3 Å². The van der Waals surface area contributed by atoms with Crippen molar-refractivity contribution >= 4 is 17.6 Å². The number of carbonyl (C=O) groups excluding carboxylic acids is 2. The third kappa shape index (κ3) is 5.66. The Morgan fingerprint density at radius 1 is 0.818 bits per heavy atom. The molecule has 33 heavy (non-hydrogen) atoms. The van der Waals surface area contributed by atoms with E-state index >= 15 is 0 Å². The van der Waals surface area contributed by atoms with Crippen LogP contribution in [0.15, 0.2) is 84.9 Å². The van der Waals surface area contributed by atoms with E-state index < -0.39 is 5.97 Å². The molecule has 3 aromatic carbocycles. The first-order chi connectivity index (χ1) is 16.2. The average Bonchev–Trinajstić information content (AvgIpc) is 2.86. The van der Waals surface area contributed by atoms with E-state index in [4.69, 9.17) is 4.74 Å². The number of rotatable bonds is 7. The van der Waals surface area contributed by atoms with Crippen LogP contribution in [0.25, 0.3) is 0 Å². The molecule has 1 heterocycles. The first-order valence-electron chi connectivity index (χ1n) is 11.2. The van der Waals surface area contributed by atoms with Crippen molar-refractivity contribution in [3.63, 3.8) is 0 Å². The quantitative estimate of drug-likeness (QED) is 0.563. The van der Waals surface area contributed by atoms with Crippen molar-refractivity contribution in [3.05, 3.63) is 102 Å². The summed E-state index contributed by atoms with van der Waals surface area (Å²) < 4.78 is 4.81. The van der Waals surface area contributed by atoms with Crippen LogP contribution in [0.5, 0.6) is 0 Å². The number of esters is 1. The Bertz CT molecular complexity index is 1020. The van der Waals surface area contributed by atoms with Crippen molar-refractivity contribution in [1.29, 1.82) is 0 Å². The van der Waals surface area contributed by atoms with Crippen molar-refractivity contribution in [2.75, 3.05) is 45.2 Å². The molecule has 3 aromatic rings. The summed E-state index contributed by atoms with van der Waals surface area (Å²) in [5, 5.41) is 2.86. The third-order valence-electron chi connectivity index (χ3n) is 5.98. The van der Waals surface area contributed by atoms with Crippen LogP contribution in [0.3, 0.4) is 0 Å². The maximum absolute atomic E-state index is 12.7. The smallest absolute Gasteiger partial charge is 0.339 e. The van der Waals surface area contributed by atoms with Crippen LogP contribution >= 0.6 is 0 Å². The summed E-state index contributed by atoms with van der Waals surface area (Å²) in [5.41, 5.74) is 3.37. The van der Waals surface area contributed by atoms with Gasteiger partial charge < -0.3 is 10.1 Å². The van der Waals surface area contributed by atoms with Gasteiger partial charge in [-0.25, -0.2) is 4.79 Å². The van der Waals surface area contributed by atoms with Crippen LogP contribution in [0.1, 0.15) is 27.5 Å². The molecule has 0 radical (unpaired) electrons. The van der Waals surface area contributed by atoms with E-state index in [-0.39, 0.29) is 18.5 Å². The molecule has 0 atom stereocenters. The van der Waals surface area contributed by atoms with Crippen LogP contribution in [0.2, 0.25) is 0 Å². The molecular formula is C27H29N3O3. The molecule has 0 saturated carbocycles. The summed E-state index contributed by atoms with van der Waals surface area (Å²) in [4.78, 5) is 29.3. The van der Waals surface area contributed by atoms with Gasteiger partial charge in [0.05, 0.1) is 30.9 Å². The van der Waals surface area contributed by atoms with Crippen molar-refractivity contribution in [2.24, 2.45) is 0 Å². The number of methoxy groups -OCH3 is 1. The zero-order valence-electron chi connectivity index (χ0n) is 18.8. The molecule has 1 aliphatic heterocycles. The third-order valence-corrected chi connectivity index (χ3v) is 5.98. The highest BCUT2D eigenvalue weighted by Gasteiger charge is 2.27. The highest BCUT2D eigenvalue weighted by atomic mass is 16.5. The van der Waals surface area contributed by atoms with E-state index in [0.717, 1.165) is 26.2 Å². The Kier molecular flexibility index (Phi) is 7.50. The minimum absolute atomic E-state index is 0.137. The molecule has 170 valence electrons. The Hall–Kier alpha value is -3.48. The zero-order chi connectivity index (χ0) is 23.0. The minimum Gasteiger partial charge on any atom is -0.465 e. The fourth-order valence-electron chi connectivity index (χ4n) is 4.34. The molecule has 6 nitrogen and oxygen atoms in total. The second kappa shape index (κ2) is 10.9. The molecule has 1 aliphatic rings. The number of ether oxygens (including phenoxy) is 1. The Morgan fingerprint density at radius 3 is 1.94 bits per heavy atom. The van der Waals surface area contributed by atoms with Gasteiger partial charge >= 0.3 is 5.97 Å². The van der Waals surface area contributed by atoms with Crippen LogP contribution in [-0.4, -0.2) is 61.5 Å². The molecule has 0 spiro atoms. The highest BCUT2D eigenvalue weighted by molar-refractivity contribution is 6.01. The predicted molar refractivity (Wildman–Crippen MR) is 129 cm³/mol. The van der Waals surface area contributed by atoms with Gasteiger partial charge in [0.1, 0.15) is 0 Å². The lowest BCUT2D eigenvalue weighted by Gasteiger charge is -2.39. The maximum atomic E-state index is 12.7. The second-order valence-corrected chi connectivity index (χ2v) is 8.12.